The van der Waals surface area contributed by atoms with Gasteiger partial charge >= 0.3 is 6.03 Å². The smallest absolute Gasteiger partial charge is 0.333 e. The highest BCUT2D eigenvalue weighted by molar-refractivity contribution is 7.90. The van der Waals surface area contributed by atoms with Crippen molar-refractivity contribution in [2.75, 3.05) is 5.32 Å². The number of aryl methyl sites for hydroxylation is 2. The van der Waals surface area contributed by atoms with Crippen molar-refractivity contribution in [3.63, 3.8) is 0 Å². The van der Waals surface area contributed by atoms with Crippen LogP contribution in [0, 0.1) is 0 Å². The molecule has 4 rings (SSSR count). The van der Waals surface area contributed by atoms with Crippen LogP contribution in [0.25, 0.3) is 0 Å². The molecule has 0 unspecified atom stereocenters. The third-order valence-corrected chi connectivity index (χ3v) is 7.16. The Morgan fingerprint density at radius 3 is 2.03 bits per heavy atom. The number of carbonyl (C=O) groups excluding carboxylic acids is 1. The molecule has 0 atom stereocenters. The first-order chi connectivity index (χ1) is 13.6. The van der Waals surface area contributed by atoms with Crippen LogP contribution in [-0.4, -0.2) is 19.6 Å². The van der Waals surface area contributed by atoms with Gasteiger partial charge in [-0.3, -0.25) is 0 Å². The van der Waals surface area contributed by atoms with Crippen LogP contribution in [0.3, 0.4) is 0 Å². The molecule has 0 fully saturated rings. The lowest BCUT2D eigenvalue weighted by atomic mass is 9.99. The summed E-state index contributed by atoms with van der Waals surface area (Å²) in [7, 11) is -4.01. The Balaban J connectivity index is 1.55. The van der Waals surface area contributed by atoms with Crippen LogP contribution >= 0.6 is 0 Å². The van der Waals surface area contributed by atoms with Crippen LogP contribution in [0.15, 0.2) is 35.2 Å². The molecule has 0 aromatic heterocycles. The average molecular weight is 415 g/mol. The number of aliphatic hydroxyl groups is 1. The van der Waals surface area contributed by atoms with Gasteiger partial charge in [-0.1, -0.05) is 18.2 Å². The number of carbonyl (C=O) groups is 1. The average Bonchev–Trinajstić information content (AvgIpc) is 3.29. The molecular weight excluding hydrogens is 388 g/mol. The number of sulfonamides is 1. The standard InChI is InChI=1S/C22H26N2O4S/c1-22(2,26)16-9-11-17(12-10-16)29(27,28)24-21(25)23-20-18-7-3-5-14(18)13-15-6-4-8-19(15)20/h9-13,26H,3-8H2,1-2H3,(H2,23,24,25). The second-order valence-electron chi connectivity index (χ2n) is 8.38. The van der Waals surface area contributed by atoms with Crippen molar-refractivity contribution in [1.82, 2.24) is 4.72 Å². The van der Waals surface area contributed by atoms with E-state index in [9.17, 15) is 18.3 Å². The predicted octanol–water partition coefficient (Wildman–Crippen LogP) is 3.40. The zero-order valence-corrected chi connectivity index (χ0v) is 17.5. The molecule has 6 nitrogen and oxygen atoms in total. The van der Waals surface area contributed by atoms with Gasteiger partial charge in [-0.25, -0.2) is 17.9 Å². The molecule has 0 saturated carbocycles. The van der Waals surface area contributed by atoms with Crippen LogP contribution in [0.2, 0.25) is 0 Å². The van der Waals surface area contributed by atoms with Gasteiger partial charge in [0.15, 0.2) is 0 Å². The molecule has 2 aliphatic rings. The first kappa shape index (κ1) is 19.9. The van der Waals surface area contributed by atoms with Crippen LogP contribution in [0.5, 0.6) is 0 Å². The predicted molar refractivity (Wildman–Crippen MR) is 112 cm³/mol. The van der Waals surface area contributed by atoms with Crippen LogP contribution in [0.1, 0.15) is 54.5 Å². The Morgan fingerprint density at radius 1 is 0.966 bits per heavy atom. The number of amides is 2. The molecule has 0 saturated heterocycles. The Kier molecular flexibility index (Phi) is 4.91. The molecule has 29 heavy (non-hydrogen) atoms. The zero-order chi connectivity index (χ0) is 20.8. The van der Waals surface area contributed by atoms with E-state index in [0.29, 0.717) is 5.56 Å². The zero-order valence-electron chi connectivity index (χ0n) is 16.7. The molecule has 0 spiro atoms. The Morgan fingerprint density at radius 2 is 1.52 bits per heavy atom. The number of hydrogen-bond donors (Lipinski definition) is 3. The molecule has 154 valence electrons. The third-order valence-electron chi connectivity index (χ3n) is 5.81. The molecule has 0 aliphatic heterocycles. The summed E-state index contributed by atoms with van der Waals surface area (Å²) in [4.78, 5) is 12.6. The normalized spacial score (nSPS) is 15.7. The largest absolute Gasteiger partial charge is 0.386 e. The first-order valence-corrected chi connectivity index (χ1v) is 11.5. The molecule has 7 heteroatoms. The summed E-state index contributed by atoms with van der Waals surface area (Å²) < 4.78 is 27.4. The number of anilines is 1. The van der Waals surface area contributed by atoms with E-state index in [4.69, 9.17) is 0 Å². The van der Waals surface area contributed by atoms with E-state index in [1.165, 1.54) is 23.3 Å². The summed E-state index contributed by atoms with van der Waals surface area (Å²) in [6, 6.07) is 7.38. The maximum atomic E-state index is 12.6. The van der Waals surface area contributed by atoms with E-state index >= 15 is 0 Å². The molecule has 3 N–H and O–H groups in total. The summed E-state index contributed by atoms with van der Waals surface area (Å²) in [6.07, 6.45) is 5.93. The SMILES string of the molecule is CC(C)(O)c1ccc(S(=O)(=O)NC(=O)Nc2c3c(cc4c2CCC4)CCC3)cc1. The van der Waals surface area contributed by atoms with E-state index < -0.39 is 21.7 Å². The summed E-state index contributed by atoms with van der Waals surface area (Å²) in [5.74, 6) is 0. The van der Waals surface area contributed by atoms with E-state index in [0.717, 1.165) is 55.3 Å². The van der Waals surface area contributed by atoms with Crippen LogP contribution in [-0.2, 0) is 41.3 Å². The van der Waals surface area contributed by atoms with E-state index in [1.807, 2.05) is 0 Å². The van der Waals surface area contributed by atoms with Gasteiger partial charge in [-0.2, -0.15) is 0 Å². The number of rotatable bonds is 4. The highest BCUT2D eigenvalue weighted by Crippen LogP contribution is 2.38. The fourth-order valence-electron chi connectivity index (χ4n) is 4.33. The van der Waals surface area contributed by atoms with Crippen LogP contribution in [0.4, 0.5) is 10.5 Å². The summed E-state index contributed by atoms with van der Waals surface area (Å²) >= 11 is 0. The Hall–Kier alpha value is -2.38. The fraction of sp³-hybridized carbons (Fsp3) is 0.409. The summed E-state index contributed by atoms with van der Waals surface area (Å²) in [5.41, 5.74) is 5.16. The second-order valence-corrected chi connectivity index (χ2v) is 10.1. The summed E-state index contributed by atoms with van der Waals surface area (Å²) in [5, 5.41) is 12.9. The molecular formula is C22H26N2O4S. The lowest BCUT2D eigenvalue weighted by Crippen LogP contribution is -2.35. The van der Waals surface area contributed by atoms with Gasteiger partial charge in [0.25, 0.3) is 10.0 Å². The van der Waals surface area contributed by atoms with E-state index in [2.05, 4.69) is 16.1 Å². The Labute approximate surface area is 171 Å². The van der Waals surface area contributed by atoms with Crippen molar-refractivity contribution in [3.05, 3.63) is 58.1 Å². The van der Waals surface area contributed by atoms with E-state index in [1.54, 1.807) is 26.0 Å². The molecule has 0 bridgehead atoms. The Bertz CT molecular complexity index is 1040. The van der Waals surface area contributed by atoms with E-state index in [-0.39, 0.29) is 4.90 Å². The van der Waals surface area contributed by atoms with Crippen molar-refractivity contribution < 1.29 is 18.3 Å². The summed E-state index contributed by atoms with van der Waals surface area (Å²) in [6.45, 7) is 3.25. The minimum Gasteiger partial charge on any atom is -0.386 e. The van der Waals surface area contributed by atoms with Crippen molar-refractivity contribution in [2.24, 2.45) is 0 Å². The quantitative estimate of drug-likeness (QED) is 0.714. The highest BCUT2D eigenvalue weighted by Gasteiger charge is 2.26. The lowest BCUT2D eigenvalue weighted by molar-refractivity contribution is 0.0785. The lowest BCUT2D eigenvalue weighted by Gasteiger charge is -2.18. The second kappa shape index (κ2) is 7.15. The van der Waals surface area contributed by atoms with Gasteiger partial charge < -0.3 is 10.4 Å². The van der Waals surface area contributed by atoms with Gasteiger partial charge in [-0.05, 0) is 92.3 Å². The molecule has 0 heterocycles. The van der Waals surface area contributed by atoms with Crippen molar-refractivity contribution in [3.8, 4) is 0 Å². The van der Waals surface area contributed by atoms with Gasteiger partial charge in [-0.15, -0.1) is 0 Å². The fourth-order valence-corrected chi connectivity index (χ4v) is 5.24. The van der Waals surface area contributed by atoms with Crippen molar-refractivity contribution >= 4 is 21.7 Å². The monoisotopic (exact) mass is 414 g/mol. The minimum atomic E-state index is -4.01. The van der Waals surface area contributed by atoms with Crippen LogP contribution < -0.4 is 10.0 Å². The van der Waals surface area contributed by atoms with Crippen molar-refractivity contribution in [1.29, 1.82) is 0 Å². The number of fused-ring (bicyclic) bond motifs is 2. The molecule has 2 aromatic rings. The van der Waals surface area contributed by atoms with Gasteiger partial charge in [0.05, 0.1) is 10.5 Å². The maximum Gasteiger partial charge on any atom is 0.333 e. The molecule has 2 aromatic carbocycles. The topological polar surface area (TPSA) is 95.5 Å². The first-order valence-electron chi connectivity index (χ1n) is 9.98. The molecule has 2 amide bonds. The number of urea groups is 1. The molecule has 0 radical (unpaired) electrons. The minimum absolute atomic E-state index is 0.0239. The number of nitrogens with one attached hydrogen (secondary N) is 2. The highest BCUT2D eigenvalue weighted by atomic mass is 32.2. The van der Waals surface area contributed by atoms with Crippen molar-refractivity contribution in [2.45, 2.75) is 62.9 Å². The molecule has 2 aliphatic carbocycles. The van der Waals surface area contributed by atoms with Gasteiger partial charge in [0.1, 0.15) is 0 Å². The number of benzene rings is 2. The van der Waals surface area contributed by atoms with Gasteiger partial charge in [0.2, 0.25) is 0 Å². The third kappa shape index (κ3) is 3.89. The number of hydrogen-bond acceptors (Lipinski definition) is 4. The maximum absolute atomic E-state index is 12.6. The van der Waals surface area contributed by atoms with Gasteiger partial charge in [0, 0.05) is 5.69 Å².